The van der Waals surface area contributed by atoms with E-state index in [1.807, 2.05) is 84.9 Å². The lowest BCUT2D eigenvalue weighted by Gasteiger charge is -2.11. The Labute approximate surface area is 175 Å². The van der Waals surface area contributed by atoms with Crippen LogP contribution in [0.1, 0.15) is 5.56 Å². The summed E-state index contributed by atoms with van der Waals surface area (Å²) in [5, 5.41) is 6.52. The molecule has 0 atom stereocenters. The Morgan fingerprint density at radius 2 is 1.53 bits per heavy atom. The maximum Gasteiger partial charge on any atom is 0.229 e. The van der Waals surface area contributed by atoms with Crippen molar-refractivity contribution in [2.75, 3.05) is 17.7 Å². The SMILES string of the molecule is COc1ccccc1CNc1ccnc(Nc2ccc(Oc3ccccc3)cc2)n1. The molecule has 0 unspecified atom stereocenters. The number of para-hydroxylation sites is 2. The van der Waals surface area contributed by atoms with Gasteiger partial charge in [-0.05, 0) is 48.5 Å². The molecule has 0 bridgehead atoms. The van der Waals surface area contributed by atoms with E-state index in [9.17, 15) is 0 Å². The van der Waals surface area contributed by atoms with Crippen LogP contribution < -0.4 is 20.1 Å². The van der Waals surface area contributed by atoms with Gasteiger partial charge in [-0.2, -0.15) is 4.98 Å². The summed E-state index contributed by atoms with van der Waals surface area (Å²) in [4.78, 5) is 8.82. The summed E-state index contributed by atoms with van der Waals surface area (Å²) in [6, 6.07) is 27.1. The zero-order valence-corrected chi connectivity index (χ0v) is 16.6. The quantitative estimate of drug-likeness (QED) is 0.401. The van der Waals surface area contributed by atoms with Crippen LogP contribution in [0.5, 0.6) is 17.2 Å². The fraction of sp³-hybridized carbons (Fsp3) is 0.0833. The number of hydrogen-bond donors (Lipinski definition) is 2. The van der Waals surface area contributed by atoms with Gasteiger partial charge in [-0.1, -0.05) is 36.4 Å². The number of ether oxygens (including phenoxy) is 2. The molecule has 150 valence electrons. The third kappa shape index (κ3) is 5.05. The number of nitrogens with one attached hydrogen (secondary N) is 2. The third-order valence-corrected chi connectivity index (χ3v) is 4.40. The minimum Gasteiger partial charge on any atom is -0.496 e. The average molecular weight is 398 g/mol. The minimum atomic E-state index is 0.511. The number of methoxy groups -OCH3 is 1. The highest BCUT2D eigenvalue weighted by molar-refractivity contribution is 5.56. The van der Waals surface area contributed by atoms with E-state index in [1.165, 1.54) is 0 Å². The highest BCUT2D eigenvalue weighted by Gasteiger charge is 2.04. The summed E-state index contributed by atoms with van der Waals surface area (Å²) in [6.07, 6.45) is 1.72. The third-order valence-electron chi connectivity index (χ3n) is 4.40. The Balaban J connectivity index is 1.38. The second kappa shape index (κ2) is 9.43. The maximum atomic E-state index is 5.82. The van der Waals surface area contributed by atoms with Crippen molar-refractivity contribution < 1.29 is 9.47 Å². The lowest BCUT2D eigenvalue weighted by atomic mass is 10.2. The Hall–Kier alpha value is -4.06. The van der Waals surface area contributed by atoms with Crippen LogP contribution in [0.25, 0.3) is 0 Å². The first-order valence-electron chi connectivity index (χ1n) is 9.59. The Morgan fingerprint density at radius 3 is 2.33 bits per heavy atom. The summed E-state index contributed by atoms with van der Waals surface area (Å²) < 4.78 is 11.2. The molecule has 6 heteroatoms. The predicted octanol–water partition coefficient (Wildman–Crippen LogP) is 5.63. The summed E-state index contributed by atoms with van der Waals surface area (Å²) in [6.45, 7) is 0.603. The number of rotatable bonds is 8. The number of benzene rings is 3. The molecule has 0 saturated carbocycles. The molecule has 0 saturated heterocycles. The molecule has 4 aromatic rings. The first-order chi connectivity index (χ1) is 14.8. The Kier molecular flexibility index (Phi) is 6.05. The van der Waals surface area contributed by atoms with E-state index in [2.05, 4.69) is 20.6 Å². The van der Waals surface area contributed by atoms with Crippen molar-refractivity contribution in [3.05, 3.63) is 96.7 Å². The molecular formula is C24H22N4O2. The van der Waals surface area contributed by atoms with Crippen LogP contribution in [0.4, 0.5) is 17.5 Å². The standard InChI is InChI=1S/C24H22N4O2/c1-29-22-10-6-5-7-18(22)17-26-23-15-16-25-24(28-23)27-19-11-13-21(14-12-19)30-20-8-3-2-4-9-20/h2-16H,17H2,1H3,(H2,25,26,27,28). The van der Waals surface area contributed by atoms with E-state index in [1.54, 1.807) is 13.3 Å². The summed E-state index contributed by atoms with van der Waals surface area (Å²) >= 11 is 0. The zero-order valence-electron chi connectivity index (χ0n) is 16.6. The Bertz CT molecular complexity index is 1090. The van der Waals surface area contributed by atoms with Gasteiger partial charge in [-0.15, -0.1) is 0 Å². The van der Waals surface area contributed by atoms with Crippen LogP contribution in [0, 0.1) is 0 Å². The first-order valence-corrected chi connectivity index (χ1v) is 9.59. The van der Waals surface area contributed by atoms with Crippen LogP contribution in [-0.4, -0.2) is 17.1 Å². The van der Waals surface area contributed by atoms with Crippen LogP contribution in [0.2, 0.25) is 0 Å². The maximum absolute atomic E-state index is 5.82. The monoisotopic (exact) mass is 398 g/mol. The van der Waals surface area contributed by atoms with Gasteiger partial charge in [-0.3, -0.25) is 0 Å². The molecular weight excluding hydrogens is 376 g/mol. The van der Waals surface area contributed by atoms with Crippen molar-refractivity contribution in [1.29, 1.82) is 0 Å². The number of aromatic nitrogens is 2. The summed E-state index contributed by atoms with van der Waals surface area (Å²) in [7, 11) is 1.67. The van der Waals surface area contributed by atoms with Gasteiger partial charge in [-0.25, -0.2) is 4.98 Å². The fourth-order valence-electron chi connectivity index (χ4n) is 2.91. The van der Waals surface area contributed by atoms with Crippen LogP contribution in [-0.2, 0) is 6.54 Å². The molecule has 0 radical (unpaired) electrons. The molecule has 0 fully saturated rings. The average Bonchev–Trinajstić information content (AvgIpc) is 2.80. The molecule has 2 N–H and O–H groups in total. The lowest BCUT2D eigenvalue weighted by Crippen LogP contribution is -2.05. The molecule has 3 aromatic carbocycles. The van der Waals surface area contributed by atoms with E-state index in [4.69, 9.17) is 9.47 Å². The van der Waals surface area contributed by atoms with Gasteiger partial charge in [0, 0.05) is 24.0 Å². The number of hydrogen-bond acceptors (Lipinski definition) is 6. The highest BCUT2D eigenvalue weighted by atomic mass is 16.5. The smallest absolute Gasteiger partial charge is 0.229 e. The largest absolute Gasteiger partial charge is 0.496 e. The lowest BCUT2D eigenvalue weighted by molar-refractivity contribution is 0.410. The molecule has 0 aliphatic carbocycles. The number of nitrogens with zero attached hydrogens (tertiary/aromatic N) is 2. The van der Waals surface area contributed by atoms with Crippen molar-refractivity contribution in [2.24, 2.45) is 0 Å². The second-order valence-corrected chi connectivity index (χ2v) is 6.50. The first kappa shape index (κ1) is 19.3. The van der Waals surface area contributed by atoms with Gasteiger partial charge in [0.05, 0.1) is 7.11 Å². The van der Waals surface area contributed by atoms with Crippen molar-refractivity contribution in [3.8, 4) is 17.2 Å². The van der Waals surface area contributed by atoms with Crippen molar-refractivity contribution in [2.45, 2.75) is 6.54 Å². The molecule has 0 aliphatic heterocycles. The van der Waals surface area contributed by atoms with Gasteiger partial charge in [0.15, 0.2) is 0 Å². The molecule has 0 amide bonds. The van der Waals surface area contributed by atoms with E-state index >= 15 is 0 Å². The predicted molar refractivity (Wildman–Crippen MR) is 119 cm³/mol. The van der Waals surface area contributed by atoms with Crippen molar-refractivity contribution in [1.82, 2.24) is 9.97 Å². The minimum absolute atomic E-state index is 0.511. The molecule has 0 spiro atoms. The molecule has 1 aromatic heterocycles. The van der Waals surface area contributed by atoms with E-state index < -0.39 is 0 Å². The van der Waals surface area contributed by atoms with E-state index in [0.717, 1.165) is 34.3 Å². The van der Waals surface area contributed by atoms with Crippen molar-refractivity contribution >= 4 is 17.5 Å². The number of anilines is 3. The molecule has 0 aliphatic rings. The fourth-order valence-corrected chi connectivity index (χ4v) is 2.91. The molecule has 6 nitrogen and oxygen atoms in total. The van der Waals surface area contributed by atoms with Gasteiger partial charge in [0.1, 0.15) is 23.1 Å². The second-order valence-electron chi connectivity index (χ2n) is 6.50. The molecule has 4 rings (SSSR count). The van der Waals surface area contributed by atoms with Gasteiger partial charge in [0.2, 0.25) is 5.95 Å². The Morgan fingerprint density at radius 1 is 0.800 bits per heavy atom. The topological polar surface area (TPSA) is 68.3 Å². The zero-order chi connectivity index (χ0) is 20.6. The highest BCUT2D eigenvalue weighted by Crippen LogP contribution is 2.24. The normalized spacial score (nSPS) is 10.3. The molecule has 30 heavy (non-hydrogen) atoms. The van der Waals surface area contributed by atoms with Gasteiger partial charge < -0.3 is 20.1 Å². The van der Waals surface area contributed by atoms with Crippen LogP contribution in [0.15, 0.2) is 91.1 Å². The van der Waals surface area contributed by atoms with E-state index in [-0.39, 0.29) is 0 Å². The van der Waals surface area contributed by atoms with Crippen LogP contribution >= 0.6 is 0 Å². The van der Waals surface area contributed by atoms with Gasteiger partial charge in [0.25, 0.3) is 0 Å². The van der Waals surface area contributed by atoms with Gasteiger partial charge >= 0.3 is 0 Å². The van der Waals surface area contributed by atoms with E-state index in [0.29, 0.717) is 12.5 Å². The van der Waals surface area contributed by atoms with Crippen molar-refractivity contribution in [3.63, 3.8) is 0 Å². The summed E-state index contributed by atoms with van der Waals surface area (Å²) in [5.74, 6) is 3.64. The summed E-state index contributed by atoms with van der Waals surface area (Å²) in [5.41, 5.74) is 1.93. The van der Waals surface area contributed by atoms with Crippen LogP contribution in [0.3, 0.4) is 0 Å². The molecule has 1 heterocycles.